The average molecular weight is 177 g/mol. The Kier molecular flexibility index (Phi) is 2.50. The highest BCUT2D eigenvalue weighted by Crippen LogP contribution is 2.13. The highest BCUT2D eigenvalue weighted by molar-refractivity contribution is 5.91. The van der Waals surface area contributed by atoms with Crippen molar-refractivity contribution in [2.45, 2.75) is 0 Å². The zero-order chi connectivity index (χ0) is 9.84. The molecule has 0 unspecified atom stereocenters. The first-order chi connectivity index (χ1) is 6.24. The van der Waals surface area contributed by atoms with Gasteiger partial charge in [-0.1, -0.05) is 0 Å². The monoisotopic (exact) mass is 177 g/mol. The Labute approximate surface area is 73.4 Å². The van der Waals surface area contributed by atoms with E-state index in [1.54, 1.807) is 6.07 Å². The predicted octanol–water partition coefficient (Wildman–Crippen LogP) is 1.32. The lowest BCUT2D eigenvalue weighted by molar-refractivity contribution is 0.109. The van der Waals surface area contributed by atoms with Crippen molar-refractivity contribution in [3.8, 4) is 6.07 Å². The zero-order valence-corrected chi connectivity index (χ0v) is 6.45. The molecule has 0 N–H and O–H groups in total. The largest absolute Gasteiger partial charge is 0.298 e. The Bertz CT molecular complexity index is 407. The summed E-state index contributed by atoms with van der Waals surface area (Å²) < 4.78 is 13.1. The first-order valence-corrected chi connectivity index (χ1v) is 3.37. The van der Waals surface area contributed by atoms with Gasteiger partial charge < -0.3 is 0 Å². The maximum Gasteiger partial charge on any atom is 0.153 e. The molecule has 0 fully saturated rings. The van der Waals surface area contributed by atoms with Crippen LogP contribution >= 0.6 is 0 Å². The van der Waals surface area contributed by atoms with Crippen LogP contribution in [0.5, 0.6) is 0 Å². The molecule has 1 rings (SSSR count). The van der Waals surface area contributed by atoms with Crippen LogP contribution in [0.15, 0.2) is 12.1 Å². The number of carbonyl (C=O) groups is 2. The second-order valence-corrected chi connectivity index (χ2v) is 2.28. The van der Waals surface area contributed by atoms with Crippen molar-refractivity contribution in [1.82, 2.24) is 0 Å². The van der Waals surface area contributed by atoms with E-state index in [0.717, 1.165) is 6.07 Å². The molecule has 0 aliphatic heterocycles. The van der Waals surface area contributed by atoms with Gasteiger partial charge in [-0.2, -0.15) is 5.26 Å². The molecule has 0 aromatic heterocycles. The van der Waals surface area contributed by atoms with E-state index >= 15 is 0 Å². The van der Waals surface area contributed by atoms with Crippen LogP contribution in [0.3, 0.4) is 0 Å². The molecule has 64 valence electrons. The Hall–Kier alpha value is -2.02. The highest BCUT2D eigenvalue weighted by Gasteiger charge is 2.11. The van der Waals surface area contributed by atoms with Gasteiger partial charge in [-0.25, -0.2) is 4.39 Å². The lowest BCUT2D eigenvalue weighted by Crippen LogP contribution is -1.98. The molecule has 0 saturated carbocycles. The Balaban J connectivity index is 3.51. The smallest absolute Gasteiger partial charge is 0.153 e. The van der Waals surface area contributed by atoms with Gasteiger partial charge in [0.15, 0.2) is 18.4 Å². The summed E-state index contributed by atoms with van der Waals surface area (Å²) in [7, 11) is 0. The van der Waals surface area contributed by atoms with Crippen molar-refractivity contribution in [2.24, 2.45) is 0 Å². The normalized spacial score (nSPS) is 8.92. The van der Waals surface area contributed by atoms with Crippen LogP contribution in [0.25, 0.3) is 0 Å². The first kappa shape index (κ1) is 9.07. The number of carbonyl (C=O) groups excluding carboxylic acids is 2. The molecule has 0 heterocycles. The predicted molar refractivity (Wildman–Crippen MR) is 41.9 cm³/mol. The Morgan fingerprint density at radius 2 is 2.00 bits per heavy atom. The van der Waals surface area contributed by atoms with Crippen LogP contribution < -0.4 is 0 Å². The van der Waals surface area contributed by atoms with Gasteiger partial charge in [0.1, 0.15) is 6.07 Å². The molecule has 0 atom stereocenters. The van der Waals surface area contributed by atoms with Gasteiger partial charge in [-0.05, 0) is 12.1 Å². The molecule has 13 heavy (non-hydrogen) atoms. The summed E-state index contributed by atoms with van der Waals surface area (Å²) in [6.07, 6.45) is 0.591. The third-order valence-corrected chi connectivity index (χ3v) is 1.58. The summed E-state index contributed by atoms with van der Waals surface area (Å²) in [5.74, 6) is -0.942. The summed E-state index contributed by atoms with van der Waals surface area (Å²) in [5, 5.41) is 8.41. The van der Waals surface area contributed by atoms with Crippen LogP contribution in [0, 0.1) is 17.1 Å². The first-order valence-electron chi connectivity index (χ1n) is 3.37. The number of halogens is 1. The van der Waals surface area contributed by atoms with Crippen molar-refractivity contribution in [3.63, 3.8) is 0 Å². The van der Waals surface area contributed by atoms with Crippen molar-refractivity contribution < 1.29 is 14.0 Å². The van der Waals surface area contributed by atoms with E-state index < -0.39 is 5.82 Å². The van der Waals surface area contributed by atoms with Crippen LogP contribution in [0.1, 0.15) is 26.3 Å². The molecular weight excluding hydrogens is 173 g/mol. The molecule has 0 aliphatic rings. The fraction of sp³-hybridized carbons (Fsp3) is 0. The van der Waals surface area contributed by atoms with Gasteiger partial charge in [0.05, 0.1) is 11.1 Å². The van der Waals surface area contributed by atoms with Gasteiger partial charge in [0.25, 0.3) is 0 Å². The Morgan fingerprint density at radius 1 is 1.31 bits per heavy atom. The summed E-state index contributed by atoms with van der Waals surface area (Å²) >= 11 is 0. The molecule has 0 amide bonds. The number of nitriles is 1. The standard InChI is InChI=1S/C9H4FNO2/c10-9-6(3-11)1-2-7(4-12)8(9)5-13/h1-2,4-5H. The van der Waals surface area contributed by atoms with Crippen LogP contribution in [-0.2, 0) is 0 Å². The van der Waals surface area contributed by atoms with E-state index in [0.29, 0.717) is 6.29 Å². The molecular formula is C9H4FNO2. The number of aldehydes is 2. The number of nitrogens with zero attached hydrogens (tertiary/aromatic N) is 1. The number of hydrogen-bond donors (Lipinski definition) is 0. The zero-order valence-electron chi connectivity index (χ0n) is 6.45. The minimum Gasteiger partial charge on any atom is -0.298 e. The molecule has 0 radical (unpaired) electrons. The minimum atomic E-state index is -0.942. The van der Waals surface area contributed by atoms with Crippen LogP contribution in [0.4, 0.5) is 4.39 Å². The topological polar surface area (TPSA) is 57.9 Å². The second-order valence-electron chi connectivity index (χ2n) is 2.28. The third kappa shape index (κ3) is 1.44. The highest BCUT2D eigenvalue weighted by atomic mass is 19.1. The van der Waals surface area contributed by atoms with Gasteiger partial charge in [0.2, 0.25) is 0 Å². The summed E-state index contributed by atoms with van der Waals surface area (Å²) in [6, 6.07) is 3.96. The van der Waals surface area contributed by atoms with E-state index in [4.69, 9.17) is 5.26 Å². The summed E-state index contributed by atoms with van der Waals surface area (Å²) in [5.41, 5.74) is -0.659. The van der Waals surface area contributed by atoms with E-state index in [-0.39, 0.29) is 23.0 Å². The maximum atomic E-state index is 13.1. The number of benzene rings is 1. The summed E-state index contributed by atoms with van der Waals surface area (Å²) in [4.78, 5) is 20.7. The molecule has 3 nitrogen and oxygen atoms in total. The second kappa shape index (κ2) is 3.59. The van der Waals surface area contributed by atoms with E-state index in [2.05, 4.69) is 0 Å². The lowest BCUT2D eigenvalue weighted by atomic mass is 10.1. The van der Waals surface area contributed by atoms with Gasteiger partial charge in [-0.15, -0.1) is 0 Å². The fourth-order valence-electron chi connectivity index (χ4n) is 0.917. The lowest BCUT2D eigenvalue weighted by Gasteiger charge is -1.99. The quantitative estimate of drug-likeness (QED) is 0.640. The molecule has 0 aliphatic carbocycles. The SMILES string of the molecule is N#Cc1ccc(C=O)c(C=O)c1F. The van der Waals surface area contributed by atoms with E-state index in [9.17, 15) is 14.0 Å². The van der Waals surface area contributed by atoms with Gasteiger partial charge >= 0.3 is 0 Å². The number of rotatable bonds is 2. The van der Waals surface area contributed by atoms with Crippen molar-refractivity contribution in [1.29, 1.82) is 5.26 Å². The minimum absolute atomic E-state index is 0.0495. The van der Waals surface area contributed by atoms with Crippen molar-refractivity contribution in [2.75, 3.05) is 0 Å². The Morgan fingerprint density at radius 3 is 2.46 bits per heavy atom. The van der Waals surface area contributed by atoms with E-state index in [1.807, 2.05) is 0 Å². The number of hydrogen-bond acceptors (Lipinski definition) is 3. The molecule has 0 spiro atoms. The molecule has 4 heteroatoms. The molecule has 1 aromatic rings. The molecule has 0 bridgehead atoms. The van der Waals surface area contributed by atoms with Crippen LogP contribution in [-0.4, -0.2) is 12.6 Å². The van der Waals surface area contributed by atoms with Gasteiger partial charge in [-0.3, -0.25) is 9.59 Å². The summed E-state index contributed by atoms with van der Waals surface area (Å²) in [6.45, 7) is 0. The molecule has 1 aromatic carbocycles. The maximum absolute atomic E-state index is 13.1. The fourth-order valence-corrected chi connectivity index (χ4v) is 0.917. The van der Waals surface area contributed by atoms with Crippen molar-refractivity contribution >= 4 is 12.6 Å². The average Bonchev–Trinajstić information content (AvgIpc) is 2.17. The van der Waals surface area contributed by atoms with E-state index in [1.165, 1.54) is 6.07 Å². The molecule has 0 saturated heterocycles. The van der Waals surface area contributed by atoms with Crippen molar-refractivity contribution in [3.05, 3.63) is 34.6 Å². The third-order valence-electron chi connectivity index (χ3n) is 1.58. The van der Waals surface area contributed by atoms with Crippen LogP contribution in [0.2, 0.25) is 0 Å². The van der Waals surface area contributed by atoms with Gasteiger partial charge in [0, 0.05) is 5.56 Å².